The van der Waals surface area contributed by atoms with Crippen LogP contribution in [0, 0.1) is 5.82 Å². The highest BCUT2D eigenvalue weighted by atomic mass is 19.1. The van der Waals surface area contributed by atoms with Gasteiger partial charge in [0, 0.05) is 24.8 Å². The fraction of sp³-hybridized carbons (Fsp3) is 0.455. The van der Waals surface area contributed by atoms with Crippen molar-refractivity contribution in [1.82, 2.24) is 0 Å². The highest BCUT2D eigenvalue weighted by molar-refractivity contribution is 5.48. The van der Waals surface area contributed by atoms with Crippen LogP contribution >= 0.6 is 0 Å². The molecule has 1 fully saturated rings. The smallest absolute Gasteiger partial charge is 0.125 e. The maximum absolute atomic E-state index is 13.0. The first-order valence-corrected chi connectivity index (χ1v) is 5.03. The Kier molecular flexibility index (Phi) is 2.68. The molecule has 1 aliphatic heterocycles. The van der Waals surface area contributed by atoms with Crippen molar-refractivity contribution >= 4 is 5.69 Å². The average molecular weight is 194 g/mol. The molecule has 2 nitrogen and oxygen atoms in total. The van der Waals surface area contributed by atoms with Crippen LogP contribution in [0.5, 0.6) is 0 Å². The van der Waals surface area contributed by atoms with Crippen LogP contribution in [-0.2, 0) is 0 Å². The average Bonchev–Trinajstić information content (AvgIpc) is 2.65. The standard InChI is InChI=1S/C11H15FN2/c12-9-3-1-4-10(7-9)14-6-2-5-11(14)8-13/h1,3-4,7,11H,2,5-6,8,13H2/t11-/m0/s1. The predicted octanol–water partition coefficient (Wildman–Crippen LogP) is 1.75. The first kappa shape index (κ1) is 9.46. The van der Waals surface area contributed by atoms with Gasteiger partial charge in [-0.1, -0.05) is 6.07 Å². The molecule has 0 amide bonds. The van der Waals surface area contributed by atoms with Crippen LogP contribution in [0.1, 0.15) is 12.8 Å². The van der Waals surface area contributed by atoms with E-state index in [9.17, 15) is 4.39 Å². The van der Waals surface area contributed by atoms with Crippen molar-refractivity contribution < 1.29 is 4.39 Å². The fourth-order valence-electron chi connectivity index (χ4n) is 2.08. The van der Waals surface area contributed by atoms with Gasteiger partial charge in [0.25, 0.3) is 0 Å². The lowest BCUT2D eigenvalue weighted by Crippen LogP contribution is -2.35. The molecular weight excluding hydrogens is 179 g/mol. The zero-order valence-corrected chi connectivity index (χ0v) is 8.12. The van der Waals surface area contributed by atoms with Crippen LogP contribution in [0.2, 0.25) is 0 Å². The van der Waals surface area contributed by atoms with E-state index < -0.39 is 0 Å². The normalized spacial score (nSPS) is 21.6. The zero-order chi connectivity index (χ0) is 9.97. The molecule has 1 atom stereocenters. The Hall–Kier alpha value is -1.09. The van der Waals surface area contributed by atoms with Gasteiger partial charge in [0.15, 0.2) is 0 Å². The van der Waals surface area contributed by atoms with Crippen LogP contribution in [0.4, 0.5) is 10.1 Å². The van der Waals surface area contributed by atoms with Gasteiger partial charge in [0.2, 0.25) is 0 Å². The van der Waals surface area contributed by atoms with Crippen molar-refractivity contribution in [3.8, 4) is 0 Å². The van der Waals surface area contributed by atoms with Crippen molar-refractivity contribution in [2.45, 2.75) is 18.9 Å². The number of hydrogen-bond donors (Lipinski definition) is 1. The zero-order valence-electron chi connectivity index (χ0n) is 8.12. The highest BCUT2D eigenvalue weighted by Crippen LogP contribution is 2.25. The Morgan fingerprint density at radius 3 is 3.07 bits per heavy atom. The number of nitrogens with zero attached hydrogens (tertiary/aromatic N) is 1. The molecule has 1 heterocycles. The third-order valence-corrected chi connectivity index (χ3v) is 2.79. The molecule has 14 heavy (non-hydrogen) atoms. The number of anilines is 1. The summed E-state index contributed by atoms with van der Waals surface area (Å²) in [4.78, 5) is 2.20. The minimum atomic E-state index is -0.176. The van der Waals surface area contributed by atoms with Gasteiger partial charge in [-0.25, -0.2) is 4.39 Å². The summed E-state index contributed by atoms with van der Waals surface area (Å²) in [6.45, 7) is 1.64. The Morgan fingerprint density at radius 1 is 1.50 bits per heavy atom. The van der Waals surface area contributed by atoms with Gasteiger partial charge in [-0.05, 0) is 31.0 Å². The second kappa shape index (κ2) is 3.96. The van der Waals surface area contributed by atoms with E-state index in [2.05, 4.69) is 4.90 Å². The molecule has 1 aromatic carbocycles. The lowest BCUT2D eigenvalue weighted by atomic mass is 10.2. The van der Waals surface area contributed by atoms with Crippen LogP contribution < -0.4 is 10.6 Å². The van der Waals surface area contributed by atoms with Crippen molar-refractivity contribution in [3.63, 3.8) is 0 Å². The van der Waals surface area contributed by atoms with E-state index >= 15 is 0 Å². The first-order valence-electron chi connectivity index (χ1n) is 5.03. The summed E-state index contributed by atoms with van der Waals surface area (Å²) in [5, 5.41) is 0. The Morgan fingerprint density at radius 2 is 2.36 bits per heavy atom. The van der Waals surface area contributed by atoms with E-state index in [1.54, 1.807) is 12.1 Å². The van der Waals surface area contributed by atoms with Gasteiger partial charge in [-0.15, -0.1) is 0 Å². The minimum Gasteiger partial charge on any atom is -0.367 e. The summed E-state index contributed by atoms with van der Waals surface area (Å²) in [5.41, 5.74) is 6.62. The number of rotatable bonds is 2. The summed E-state index contributed by atoms with van der Waals surface area (Å²) in [6, 6.07) is 7.12. The van der Waals surface area contributed by atoms with E-state index in [0.29, 0.717) is 12.6 Å². The Balaban J connectivity index is 2.21. The second-order valence-electron chi connectivity index (χ2n) is 3.71. The molecule has 1 aromatic rings. The fourth-order valence-corrected chi connectivity index (χ4v) is 2.08. The Labute approximate surface area is 83.5 Å². The van der Waals surface area contributed by atoms with Gasteiger partial charge in [0.1, 0.15) is 5.82 Å². The van der Waals surface area contributed by atoms with Crippen molar-refractivity contribution in [2.24, 2.45) is 5.73 Å². The van der Waals surface area contributed by atoms with Crippen molar-refractivity contribution in [2.75, 3.05) is 18.0 Å². The molecule has 0 bridgehead atoms. The van der Waals surface area contributed by atoms with E-state index in [4.69, 9.17) is 5.73 Å². The molecule has 0 unspecified atom stereocenters. The van der Waals surface area contributed by atoms with Crippen LogP contribution in [0.3, 0.4) is 0 Å². The molecule has 76 valence electrons. The van der Waals surface area contributed by atoms with E-state index in [1.807, 2.05) is 6.07 Å². The summed E-state index contributed by atoms with van der Waals surface area (Å²) in [7, 11) is 0. The molecule has 0 radical (unpaired) electrons. The third-order valence-electron chi connectivity index (χ3n) is 2.79. The lowest BCUT2D eigenvalue weighted by Gasteiger charge is -2.25. The maximum atomic E-state index is 13.0. The molecule has 2 rings (SSSR count). The molecule has 0 spiro atoms. The third kappa shape index (κ3) is 1.73. The number of halogens is 1. The molecule has 0 aromatic heterocycles. The number of nitrogens with two attached hydrogens (primary N) is 1. The predicted molar refractivity (Wildman–Crippen MR) is 55.8 cm³/mol. The molecule has 2 N–H and O–H groups in total. The van der Waals surface area contributed by atoms with Gasteiger partial charge in [-0.2, -0.15) is 0 Å². The molecule has 0 aliphatic carbocycles. The summed E-state index contributed by atoms with van der Waals surface area (Å²) in [6.07, 6.45) is 2.27. The summed E-state index contributed by atoms with van der Waals surface area (Å²) >= 11 is 0. The van der Waals surface area contributed by atoms with E-state index in [-0.39, 0.29) is 5.82 Å². The molecular formula is C11H15FN2. The van der Waals surface area contributed by atoms with Gasteiger partial charge in [0.05, 0.1) is 0 Å². The number of hydrogen-bond acceptors (Lipinski definition) is 2. The monoisotopic (exact) mass is 194 g/mol. The van der Waals surface area contributed by atoms with E-state index in [1.165, 1.54) is 6.07 Å². The Bertz CT molecular complexity index is 314. The largest absolute Gasteiger partial charge is 0.367 e. The summed E-state index contributed by atoms with van der Waals surface area (Å²) in [5.74, 6) is -0.176. The maximum Gasteiger partial charge on any atom is 0.125 e. The molecule has 3 heteroatoms. The SMILES string of the molecule is NC[C@@H]1CCCN1c1cccc(F)c1. The topological polar surface area (TPSA) is 29.3 Å². The molecule has 1 saturated heterocycles. The minimum absolute atomic E-state index is 0.176. The number of benzene rings is 1. The van der Waals surface area contributed by atoms with Gasteiger partial charge in [-0.3, -0.25) is 0 Å². The first-order chi connectivity index (χ1) is 6.81. The molecule has 1 aliphatic rings. The van der Waals surface area contributed by atoms with E-state index in [0.717, 1.165) is 25.1 Å². The second-order valence-corrected chi connectivity index (χ2v) is 3.71. The van der Waals surface area contributed by atoms with Crippen molar-refractivity contribution in [3.05, 3.63) is 30.1 Å². The van der Waals surface area contributed by atoms with Gasteiger partial charge < -0.3 is 10.6 Å². The van der Waals surface area contributed by atoms with Crippen molar-refractivity contribution in [1.29, 1.82) is 0 Å². The summed E-state index contributed by atoms with van der Waals surface area (Å²) < 4.78 is 13.0. The van der Waals surface area contributed by atoms with Gasteiger partial charge >= 0.3 is 0 Å². The quantitative estimate of drug-likeness (QED) is 0.777. The van der Waals surface area contributed by atoms with Crippen LogP contribution in [0.25, 0.3) is 0 Å². The molecule has 0 saturated carbocycles. The highest BCUT2D eigenvalue weighted by Gasteiger charge is 2.23. The lowest BCUT2D eigenvalue weighted by molar-refractivity contribution is 0.624. The van der Waals surface area contributed by atoms with Crippen LogP contribution in [0.15, 0.2) is 24.3 Å². The van der Waals surface area contributed by atoms with Crippen LogP contribution in [-0.4, -0.2) is 19.1 Å².